The first-order chi connectivity index (χ1) is 15.9. The fourth-order valence-electron chi connectivity index (χ4n) is 3.64. The summed E-state index contributed by atoms with van der Waals surface area (Å²) in [6, 6.07) is 12.6. The van der Waals surface area contributed by atoms with Gasteiger partial charge in [-0.05, 0) is 77.5 Å². The van der Waals surface area contributed by atoms with E-state index < -0.39 is 13.3 Å². The number of aromatic nitrogens is 3. The Morgan fingerprint density at radius 3 is 2.79 bits per heavy atom. The number of H-pyrrole nitrogens is 1. The molecular weight excluding hydrogens is 550 g/mol. The third-order valence-corrected chi connectivity index (χ3v) is 8.33. The minimum Gasteiger partial charge on any atom is -0.350 e. The summed E-state index contributed by atoms with van der Waals surface area (Å²) in [6.07, 6.45) is 8.63. The smallest absolute Gasteiger partial charge is 0.268 e. The topological polar surface area (TPSA) is 97.0 Å². The maximum atomic E-state index is 14.5. The van der Waals surface area contributed by atoms with E-state index in [-0.39, 0.29) is 12.2 Å². The summed E-state index contributed by atoms with van der Waals surface area (Å²) in [5, 5.41) is 4.24. The molecule has 0 saturated carbocycles. The molecule has 2 aromatic carbocycles. The van der Waals surface area contributed by atoms with E-state index in [1.54, 1.807) is 24.4 Å². The van der Waals surface area contributed by atoms with Crippen LogP contribution in [0.25, 0.3) is 10.9 Å². The van der Waals surface area contributed by atoms with Crippen LogP contribution in [-0.2, 0) is 15.6 Å². The Labute approximate surface area is 205 Å². The lowest BCUT2D eigenvalue weighted by atomic mass is 10.1. The summed E-state index contributed by atoms with van der Waals surface area (Å²) in [7, 11) is -2.31. The van der Waals surface area contributed by atoms with Gasteiger partial charge in [0.2, 0.25) is 0 Å². The highest BCUT2D eigenvalue weighted by molar-refractivity contribution is 14.1. The number of hydrogen-bond acceptors (Lipinski definition) is 5. The highest BCUT2D eigenvalue weighted by Gasteiger charge is 2.36. The van der Waals surface area contributed by atoms with Gasteiger partial charge in [0.05, 0.1) is 17.5 Å². The van der Waals surface area contributed by atoms with Crippen molar-refractivity contribution in [1.82, 2.24) is 20.3 Å². The molecule has 0 aliphatic rings. The zero-order valence-electron chi connectivity index (χ0n) is 17.9. The van der Waals surface area contributed by atoms with Gasteiger partial charge in [-0.2, -0.15) is 0 Å². The highest BCUT2D eigenvalue weighted by atomic mass is 127. The molecule has 0 bridgehead atoms. The molecular formula is C24H20IN4O3P. The summed E-state index contributed by atoms with van der Waals surface area (Å²) >= 11 is 2.18. The fourth-order valence-corrected chi connectivity index (χ4v) is 6.42. The number of fused-ring (bicyclic) bond motifs is 1. The van der Waals surface area contributed by atoms with Crippen molar-refractivity contribution in [3.8, 4) is 12.3 Å². The molecule has 2 aromatic heterocycles. The Morgan fingerprint density at radius 2 is 2.09 bits per heavy atom. The molecule has 4 rings (SSSR count). The number of aryl methyl sites for hydroxylation is 1. The predicted molar refractivity (Wildman–Crippen MR) is 137 cm³/mol. The third kappa shape index (κ3) is 4.58. The minimum absolute atomic E-state index is 0.176. The number of nitrogens with one attached hydrogen (secondary N) is 2. The van der Waals surface area contributed by atoms with Gasteiger partial charge in [-0.3, -0.25) is 9.36 Å². The van der Waals surface area contributed by atoms with E-state index in [2.05, 4.69) is 48.8 Å². The van der Waals surface area contributed by atoms with Crippen molar-refractivity contribution in [2.75, 3.05) is 7.11 Å². The Hall–Kier alpha value is -2.99. The number of amides is 1. The standard InChI is InChI=1S/C24H20IN4O3P/c1-4-16-9-15(2)10-19(11-16)33(31,32-3)23-20-12-17(25)5-6-21(20)29-22(23)24(30)27-13-18-7-8-26-14-28-18/h1,5-12,14,29H,13H2,2-3H3,(H,27,30). The minimum atomic E-state index is -3.69. The van der Waals surface area contributed by atoms with Crippen LogP contribution < -0.4 is 15.9 Å². The molecule has 7 nitrogen and oxygen atoms in total. The molecule has 0 radical (unpaired) electrons. The van der Waals surface area contributed by atoms with Gasteiger partial charge in [-0.15, -0.1) is 6.42 Å². The molecule has 33 heavy (non-hydrogen) atoms. The number of benzene rings is 2. The van der Waals surface area contributed by atoms with Crippen LogP contribution in [0, 0.1) is 22.8 Å². The van der Waals surface area contributed by atoms with Gasteiger partial charge in [0.1, 0.15) is 12.0 Å². The second-order valence-corrected chi connectivity index (χ2v) is 11.0. The van der Waals surface area contributed by atoms with Gasteiger partial charge in [-0.1, -0.05) is 5.92 Å². The van der Waals surface area contributed by atoms with Crippen LogP contribution in [0.15, 0.2) is 55.0 Å². The highest BCUT2D eigenvalue weighted by Crippen LogP contribution is 2.47. The Kier molecular flexibility index (Phi) is 6.66. The van der Waals surface area contributed by atoms with E-state index in [1.807, 2.05) is 31.2 Å². The van der Waals surface area contributed by atoms with Crippen molar-refractivity contribution in [3.05, 3.63) is 81.1 Å². The second kappa shape index (κ2) is 9.48. The van der Waals surface area contributed by atoms with Crippen molar-refractivity contribution < 1.29 is 13.9 Å². The van der Waals surface area contributed by atoms with Crippen molar-refractivity contribution in [1.29, 1.82) is 0 Å². The van der Waals surface area contributed by atoms with Crippen molar-refractivity contribution >= 4 is 57.4 Å². The number of carbonyl (C=O) groups excluding carboxylic acids is 1. The molecule has 0 aliphatic heterocycles. The molecule has 1 atom stereocenters. The van der Waals surface area contributed by atoms with Crippen LogP contribution >= 0.6 is 30.0 Å². The zero-order chi connectivity index (χ0) is 23.6. The molecule has 0 spiro atoms. The molecule has 9 heteroatoms. The summed E-state index contributed by atoms with van der Waals surface area (Å²) < 4.78 is 21.1. The molecule has 0 fully saturated rings. The average Bonchev–Trinajstić information content (AvgIpc) is 3.21. The van der Waals surface area contributed by atoms with Crippen LogP contribution in [0.4, 0.5) is 0 Å². The van der Waals surface area contributed by atoms with Crippen molar-refractivity contribution in [3.63, 3.8) is 0 Å². The Morgan fingerprint density at radius 1 is 1.27 bits per heavy atom. The van der Waals surface area contributed by atoms with Gasteiger partial charge in [0.25, 0.3) is 13.3 Å². The van der Waals surface area contributed by atoms with Gasteiger partial charge in [0.15, 0.2) is 0 Å². The molecule has 166 valence electrons. The van der Waals surface area contributed by atoms with Gasteiger partial charge in [-0.25, -0.2) is 9.97 Å². The van der Waals surface area contributed by atoms with Crippen LogP contribution in [0.3, 0.4) is 0 Å². The number of carbonyl (C=O) groups is 1. The quantitative estimate of drug-likeness (QED) is 0.210. The first-order valence-electron chi connectivity index (χ1n) is 9.95. The van der Waals surface area contributed by atoms with Crippen molar-refractivity contribution in [2.45, 2.75) is 13.5 Å². The Balaban J connectivity index is 1.88. The van der Waals surface area contributed by atoms with Gasteiger partial charge < -0.3 is 14.8 Å². The predicted octanol–water partition coefficient (Wildman–Crippen LogP) is 3.66. The molecule has 1 amide bonds. The van der Waals surface area contributed by atoms with Gasteiger partial charge in [0, 0.05) is 38.6 Å². The first-order valence-corrected chi connectivity index (χ1v) is 12.7. The van der Waals surface area contributed by atoms with Crippen LogP contribution in [0.2, 0.25) is 0 Å². The van der Waals surface area contributed by atoms with Crippen LogP contribution in [-0.4, -0.2) is 28.0 Å². The van der Waals surface area contributed by atoms with E-state index in [0.29, 0.717) is 32.8 Å². The molecule has 4 aromatic rings. The molecule has 0 saturated heterocycles. The molecule has 2 N–H and O–H groups in total. The summed E-state index contributed by atoms with van der Waals surface area (Å²) in [4.78, 5) is 24.4. The van der Waals surface area contributed by atoms with Crippen molar-refractivity contribution in [2.24, 2.45) is 0 Å². The maximum Gasteiger partial charge on any atom is 0.268 e. The lowest BCUT2D eigenvalue weighted by Gasteiger charge is -2.19. The summed E-state index contributed by atoms with van der Waals surface area (Å²) in [5.41, 5.74) is 2.95. The van der Waals surface area contributed by atoms with Crippen LogP contribution in [0.5, 0.6) is 0 Å². The number of halogens is 1. The monoisotopic (exact) mass is 570 g/mol. The largest absolute Gasteiger partial charge is 0.350 e. The molecule has 2 heterocycles. The lowest BCUT2D eigenvalue weighted by Crippen LogP contribution is -2.30. The number of terminal acetylenes is 1. The number of nitrogens with zero attached hydrogens (tertiary/aromatic N) is 2. The zero-order valence-corrected chi connectivity index (χ0v) is 21.0. The molecule has 1 unspecified atom stereocenters. The van der Waals surface area contributed by atoms with Gasteiger partial charge >= 0.3 is 0 Å². The third-order valence-electron chi connectivity index (χ3n) is 5.15. The summed E-state index contributed by atoms with van der Waals surface area (Å²) in [5.74, 6) is 2.18. The van der Waals surface area contributed by atoms with E-state index in [1.165, 1.54) is 13.4 Å². The van der Waals surface area contributed by atoms with E-state index in [4.69, 9.17) is 10.9 Å². The molecule has 0 aliphatic carbocycles. The van der Waals surface area contributed by atoms with E-state index in [0.717, 1.165) is 9.13 Å². The average molecular weight is 570 g/mol. The number of aromatic amines is 1. The van der Waals surface area contributed by atoms with E-state index in [9.17, 15) is 9.36 Å². The van der Waals surface area contributed by atoms with E-state index >= 15 is 0 Å². The number of rotatable bonds is 6. The first kappa shape index (κ1) is 23.2. The second-order valence-electron chi connectivity index (χ2n) is 7.36. The maximum absolute atomic E-state index is 14.5. The fraction of sp³-hybridized carbons (Fsp3) is 0.125. The lowest BCUT2D eigenvalue weighted by molar-refractivity contribution is 0.0947. The summed E-state index contributed by atoms with van der Waals surface area (Å²) in [6.45, 7) is 2.06. The number of hydrogen-bond donors (Lipinski definition) is 2. The normalized spacial score (nSPS) is 12.8. The SMILES string of the molecule is C#Cc1cc(C)cc(P(=O)(OC)c2c(C(=O)NCc3ccncn3)[nH]c3ccc(I)cc23)c1. The Bertz CT molecular complexity index is 1440. The van der Waals surface area contributed by atoms with Crippen LogP contribution in [0.1, 0.15) is 27.3 Å².